The van der Waals surface area contributed by atoms with Crippen molar-refractivity contribution in [1.29, 1.82) is 0 Å². The molecular weight excluding hydrogens is 855 g/mol. The van der Waals surface area contributed by atoms with Crippen LogP contribution in [-0.4, -0.2) is 41.4 Å². The molecule has 9 aromatic carbocycles. The number of thiophene rings is 2. The minimum absolute atomic E-state index is 0.0768. The molecule has 0 bridgehead atoms. The highest BCUT2D eigenvalue weighted by atomic mass is 32.2. The van der Waals surface area contributed by atoms with Gasteiger partial charge in [0.05, 0.1) is 26.6 Å². The molecule has 2 aliphatic carbocycles. The Kier molecular flexibility index (Phi) is 5.13. The maximum atomic E-state index is 13.9. The van der Waals surface area contributed by atoms with E-state index in [4.69, 9.17) is 14.8 Å². The number of aromatic amines is 2. The van der Waals surface area contributed by atoms with Gasteiger partial charge in [0.2, 0.25) is 5.75 Å². The highest BCUT2D eigenvalue weighted by Crippen LogP contribution is 2.61. The molecule has 2 aliphatic heterocycles. The van der Waals surface area contributed by atoms with Crippen molar-refractivity contribution in [2.24, 2.45) is 0 Å². The zero-order valence-electron chi connectivity index (χ0n) is 32.0. The van der Waals surface area contributed by atoms with Gasteiger partial charge in [-0.2, -0.15) is 0 Å². The first-order valence-electron chi connectivity index (χ1n) is 20.9. The number of aromatic nitrogens is 3. The minimum Gasteiger partial charge on any atom is -0.616 e. The van der Waals surface area contributed by atoms with E-state index in [1.807, 2.05) is 18.3 Å². The van der Waals surface area contributed by atoms with Gasteiger partial charge in [0.1, 0.15) is 28.8 Å². The van der Waals surface area contributed by atoms with Crippen LogP contribution >= 0.6 is 22.7 Å². The van der Waals surface area contributed by atoms with Crippen LogP contribution in [-0.2, 0) is 57.2 Å². The number of rotatable bonds is 3. The fourth-order valence-corrected chi connectivity index (χ4v) is 18.8. The lowest BCUT2D eigenvalue weighted by molar-refractivity contribution is -0.118. The number of nitrogens with one attached hydrogen (secondary N) is 2. The van der Waals surface area contributed by atoms with Gasteiger partial charge in [-0.1, -0.05) is 0 Å². The molecule has 3 atom stereocenters. The maximum Gasteiger partial charge on any atom is 0.200 e. The quantitative estimate of drug-likeness (QED) is 0.0591. The van der Waals surface area contributed by atoms with Crippen LogP contribution in [0, 0.1) is 0 Å². The van der Waals surface area contributed by atoms with Gasteiger partial charge in [-0.15, -0.1) is 22.7 Å². The van der Waals surface area contributed by atoms with E-state index in [2.05, 4.69) is 28.2 Å². The number of hydrogen-bond donors (Lipinski definition) is 2. The molecule has 14 aromatic rings. The monoisotopic (exact) mass is 877 g/mol. The lowest BCUT2D eigenvalue weighted by atomic mass is 9.76. The van der Waals surface area contributed by atoms with Gasteiger partial charge in [-0.05, 0) is 73.9 Å². The fraction of sp³-hybridized carbons (Fsp3) is 0.163. The van der Waals surface area contributed by atoms with Crippen LogP contribution in [0.15, 0.2) is 36.5 Å². The predicted octanol–water partition coefficient (Wildman–Crippen LogP) is 11.1. The molecule has 0 saturated heterocycles. The first-order chi connectivity index (χ1) is 30.3. The summed E-state index contributed by atoms with van der Waals surface area (Å²) < 4.78 is 30.9. The molecule has 18 rings (SSSR count). The summed E-state index contributed by atoms with van der Waals surface area (Å²) >= 11 is 1.24. The fourth-order valence-electron chi connectivity index (χ4n) is 13.4. The summed E-state index contributed by atoms with van der Waals surface area (Å²) in [6.07, 6.45) is 2.82. The van der Waals surface area contributed by atoms with E-state index in [9.17, 15) is 18.7 Å². The van der Waals surface area contributed by atoms with Crippen molar-refractivity contribution in [3.8, 4) is 11.5 Å². The highest BCUT2D eigenvalue weighted by molar-refractivity contribution is 7.90. The van der Waals surface area contributed by atoms with E-state index in [0.29, 0.717) is 47.4 Å². The summed E-state index contributed by atoms with van der Waals surface area (Å²) in [6.45, 7) is 0. The number of hydrogen-bond acceptors (Lipinski definition) is 9. The molecule has 2 N–H and O–H groups in total. The third-order valence-corrected chi connectivity index (χ3v) is 20.4. The Morgan fingerprint density at radius 3 is 2.21 bits per heavy atom. The van der Waals surface area contributed by atoms with Crippen molar-refractivity contribution < 1.29 is 28.5 Å². The number of ketones is 2. The average molecular weight is 878 g/mol. The number of nitrogens with zero attached hydrogens (tertiary/aromatic N) is 1. The molecule has 7 heterocycles. The summed E-state index contributed by atoms with van der Waals surface area (Å²) in [6, 6.07) is 10.6. The van der Waals surface area contributed by atoms with E-state index >= 15 is 0 Å². The number of Topliss-reactive ketones (excluding diaryl/α,β-unsaturated/α-hetero) is 2. The lowest BCUT2D eigenvalue weighted by Crippen LogP contribution is -2.29. The van der Waals surface area contributed by atoms with Gasteiger partial charge in [-0.25, -0.2) is 0 Å². The summed E-state index contributed by atoms with van der Waals surface area (Å²) in [5, 5.41) is 17.0. The van der Waals surface area contributed by atoms with Crippen molar-refractivity contribution in [2.75, 3.05) is 5.75 Å². The van der Waals surface area contributed by atoms with Gasteiger partial charge in [0, 0.05) is 150 Å². The number of carbonyl (C=O) groups excluding carboxylic acids is 2. The molecular formula is C49H23N3O6S4. The van der Waals surface area contributed by atoms with Gasteiger partial charge in [0.15, 0.2) is 11.5 Å². The van der Waals surface area contributed by atoms with Crippen molar-refractivity contribution in [1.82, 2.24) is 15.0 Å². The van der Waals surface area contributed by atoms with E-state index in [1.54, 1.807) is 22.7 Å². The SMILES string of the molecule is O=C1Cc2cc3[nH]c4cc5c6c(cc7sc8c(OOc9cc%10ncc%11[nH]c%12cc%13c%14c%15c(c%16sc9c9c%10c%11c%12c%14c%169)C[S+]([O-])CC%15CC%13=O)c(c2c2c3c4c6c7c82)C1)C[S+]([O-])C5. The Bertz CT molecular complexity index is 4480. The van der Waals surface area contributed by atoms with Gasteiger partial charge in [0.25, 0.3) is 0 Å². The zero-order chi connectivity index (χ0) is 40.1. The van der Waals surface area contributed by atoms with E-state index in [0.717, 1.165) is 128 Å². The smallest absolute Gasteiger partial charge is 0.200 e. The van der Waals surface area contributed by atoms with Gasteiger partial charge in [-0.3, -0.25) is 24.3 Å². The van der Waals surface area contributed by atoms with Crippen LogP contribution in [0.5, 0.6) is 11.5 Å². The molecule has 0 spiro atoms. The molecule has 62 heavy (non-hydrogen) atoms. The largest absolute Gasteiger partial charge is 0.616 e. The third-order valence-electron chi connectivity index (χ3n) is 15.3. The first kappa shape index (κ1) is 32.1. The number of benzene rings is 9. The van der Waals surface area contributed by atoms with Crippen molar-refractivity contribution in [2.45, 2.75) is 42.4 Å². The molecule has 0 radical (unpaired) electrons. The summed E-state index contributed by atoms with van der Waals surface area (Å²) in [5.41, 5.74) is 11.8. The average Bonchev–Trinajstić information content (AvgIpc) is 4.03. The molecule has 13 heteroatoms. The summed E-state index contributed by atoms with van der Waals surface area (Å²) in [4.78, 5) is 53.6. The van der Waals surface area contributed by atoms with Gasteiger partial charge >= 0.3 is 0 Å². The Morgan fingerprint density at radius 1 is 0.613 bits per heavy atom. The highest BCUT2D eigenvalue weighted by Gasteiger charge is 2.42. The minimum atomic E-state index is -1.09. The van der Waals surface area contributed by atoms with Crippen LogP contribution in [0.4, 0.5) is 0 Å². The second-order valence-electron chi connectivity index (χ2n) is 18.4. The Labute approximate surface area is 360 Å². The van der Waals surface area contributed by atoms with Crippen LogP contribution in [0.2, 0.25) is 0 Å². The van der Waals surface area contributed by atoms with Crippen molar-refractivity contribution >= 4 is 184 Å². The Hall–Kier alpha value is -5.67. The van der Waals surface area contributed by atoms with Crippen LogP contribution in [0.1, 0.15) is 56.1 Å². The maximum absolute atomic E-state index is 13.9. The third kappa shape index (κ3) is 3.30. The Morgan fingerprint density at radius 2 is 1.34 bits per heavy atom. The lowest BCUT2D eigenvalue weighted by Gasteiger charge is -2.33. The standard InChI is InChI=1S/C49H23N3O6S4/c53-18-1-14-2-23-36-35-24(51-23)3-15-10-61(55)12-17-5-29-39(40(35)30(15)17)44-41(36)31(14)20(6-18)46(49(44)59-29)58-57-28-8-22-34-38-26(9-50-22)52-25-7-19-27(54)4-16-11-62(56)13-21-32(16)33(19)42(37(25)38)45-43(34)48(28)60-47(21)45/h2-3,5,7-9,16,51-52H,1,4,6,10-13H2. The van der Waals surface area contributed by atoms with Crippen LogP contribution in [0.3, 0.4) is 0 Å². The molecule has 0 amide bonds. The summed E-state index contributed by atoms with van der Waals surface area (Å²) in [5.74, 6) is 3.26. The predicted molar refractivity (Wildman–Crippen MR) is 250 cm³/mol. The number of pyridine rings is 1. The molecule has 5 aromatic heterocycles. The van der Waals surface area contributed by atoms with E-state index < -0.39 is 22.4 Å². The Balaban J connectivity index is 0.941. The molecule has 4 aliphatic rings. The molecule has 9 nitrogen and oxygen atoms in total. The number of H-pyrrole nitrogens is 2. The molecule has 3 unspecified atom stereocenters. The molecule has 0 saturated carbocycles. The zero-order valence-corrected chi connectivity index (χ0v) is 35.3. The van der Waals surface area contributed by atoms with Crippen molar-refractivity contribution in [3.63, 3.8) is 0 Å². The van der Waals surface area contributed by atoms with Crippen LogP contribution in [0.25, 0.3) is 127 Å². The first-order valence-corrected chi connectivity index (χ1v) is 25.5. The van der Waals surface area contributed by atoms with Gasteiger partial charge < -0.3 is 19.1 Å². The summed E-state index contributed by atoms with van der Waals surface area (Å²) in [7, 11) is 0. The molecule has 0 fully saturated rings. The van der Waals surface area contributed by atoms with Crippen LogP contribution < -0.4 is 9.78 Å². The number of carbonyl (C=O) groups is 2. The van der Waals surface area contributed by atoms with E-state index in [1.165, 1.54) is 37.9 Å². The second kappa shape index (κ2) is 9.92. The molecule has 294 valence electrons. The topological polar surface area (TPSA) is 143 Å². The van der Waals surface area contributed by atoms with Crippen molar-refractivity contribution in [3.05, 3.63) is 75.5 Å². The number of fused-ring (bicyclic) bond motifs is 1. The normalized spacial score (nSPS) is 20.5. The van der Waals surface area contributed by atoms with E-state index in [-0.39, 0.29) is 23.9 Å². The second-order valence-corrected chi connectivity index (χ2v) is 23.4.